The molecule has 0 saturated heterocycles. The summed E-state index contributed by atoms with van der Waals surface area (Å²) in [7, 11) is 0. The molecule has 3 N–H and O–H groups in total. The van der Waals surface area contributed by atoms with E-state index in [0.29, 0.717) is 28.7 Å². The number of nitrogens with zero attached hydrogens (tertiary/aromatic N) is 3. The van der Waals surface area contributed by atoms with Crippen LogP contribution in [0.3, 0.4) is 0 Å². The van der Waals surface area contributed by atoms with Crippen LogP contribution in [0.25, 0.3) is 11.0 Å². The van der Waals surface area contributed by atoms with Crippen LogP contribution in [-0.4, -0.2) is 28.5 Å². The Morgan fingerprint density at radius 3 is 3.12 bits per heavy atom. The number of aromatic nitrogens is 2. The first kappa shape index (κ1) is 15.8. The second-order valence-corrected chi connectivity index (χ2v) is 5.45. The van der Waals surface area contributed by atoms with Gasteiger partial charge in [-0.3, -0.25) is 0 Å². The minimum absolute atomic E-state index is 0.342. The normalized spacial score (nSPS) is 18.9. The Balaban J connectivity index is 1.91. The summed E-state index contributed by atoms with van der Waals surface area (Å²) < 4.78 is 0. The number of nitriles is 1. The zero-order valence-corrected chi connectivity index (χ0v) is 13.5. The molecule has 0 amide bonds. The molecule has 2 aromatic heterocycles. The van der Waals surface area contributed by atoms with Crippen LogP contribution in [0.5, 0.6) is 0 Å². The maximum Gasteiger partial charge on any atom is 0.196 e. The zero-order valence-electron chi connectivity index (χ0n) is 12.8. The first-order valence-electron chi connectivity index (χ1n) is 7.32. The van der Waals surface area contributed by atoms with E-state index in [9.17, 15) is 5.26 Å². The molecule has 120 valence electrons. The largest absolute Gasteiger partial charge is 0.358 e. The Kier molecular flexibility index (Phi) is 4.64. The number of nitrogens with one attached hydrogen (secondary N) is 3. The van der Waals surface area contributed by atoms with Crippen molar-refractivity contribution in [3.8, 4) is 6.07 Å². The van der Waals surface area contributed by atoms with Crippen molar-refractivity contribution in [2.45, 2.75) is 6.04 Å². The van der Waals surface area contributed by atoms with Crippen LogP contribution < -0.4 is 10.6 Å². The highest BCUT2D eigenvalue weighted by Crippen LogP contribution is 2.22. The number of aliphatic imine (C=N–C) groups is 1. The van der Waals surface area contributed by atoms with Gasteiger partial charge in [-0.2, -0.15) is 5.26 Å². The van der Waals surface area contributed by atoms with Gasteiger partial charge >= 0.3 is 0 Å². The van der Waals surface area contributed by atoms with Crippen LogP contribution in [0, 0.1) is 11.3 Å². The van der Waals surface area contributed by atoms with Gasteiger partial charge in [-0.05, 0) is 18.2 Å². The Bertz CT molecular complexity index is 899. The summed E-state index contributed by atoms with van der Waals surface area (Å²) in [6.45, 7) is 4.26. The molecule has 6 nitrogen and oxygen atoms in total. The summed E-state index contributed by atoms with van der Waals surface area (Å²) in [5.74, 6) is 0.523. The first-order chi connectivity index (χ1) is 11.7. The molecule has 1 atom stereocenters. The Hall–Kier alpha value is -3.04. The summed E-state index contributed by atoms with van der Waals surface area (Å²) in [5, 5.41) is 16.1. The van der Waals surface area contributed by atoms with Gasteiger partial charge in [0.1, 0.15) is 10.7 Å². The van der Waals surface area contributed by atoms with E-state index in [2.05, 4.69) is 38.2 Å². The predicted molar refractivity (Wildman–Crippen MR) is 97.0 cm³/mol. The van der Waals surface area contributed by atoms with E-state index in [-0.39, 0.29) is 6.04 Å². The number of halogens is 1. The fraction of sp³-hybridized carbons (Fsp3) is 0.118. The third kappa shape index (κ3) is 3.31. The van der Waals surface area contributed by atoms with E-state index in [4.69, 9.17) is 11.6 Å². The Morgan fingerprint density at radius 2 is 2.33 bits per heavy atom. The molecule has 3 rings (SSSR count). The summed E-state index contributed by atoms with van der Waals surface area (Å²) in [4.78, 5) is 11.9. The molecule has 7 heteroatoms. The van der Waals surface area contributed by atoms with Crippen LogP contribution in [-0.2, 0) is 0 Å². The predicted octanol–water partition coefficient (Wildman–Crippen LogP) is 3.15. The number of hydrogen-bond donors (Lipinski definition) is 3. The SMILES string of the molecule is C=CC1NC(Nc2c[nH]c3ccc(Cl)nc23)=NC/C=C\C=C1C#N. The van der Waals surface area contributed by atoms with Crippen LogP contribution in [0.1, 0.15) is 0 Å². The van der Waals surface area contributed by atoms with Crippen LogP contribution in [0.4, 0.5) is 5.69 Å². The van der Waals surface area contributed by atoms with Gasteiger partial charge in [-0.1, -0.05) is 29.8 Å². The van der Waals surface area contributed by atoms with E-state index in [0.717, 1.165) is 11.2 Å². The van der Waals surface area contributed by atoms with Crippen LogP contribution in [0.15, 0.2) is 59.8 Å². The van der Waals surface area contributed by atoms with Crippen molar-refractivity contribution in [3.63, 3.8) is 0 Å². The monoisotopic (exact) mass is 338 g/mol. The van der Waals surface area contributed by atoms with E-state index in [1.807, 2.05) is 18.2 Å². The van der Waals surface area contributed by atoms with Crippen LogP contribution >= 0.6 is 11.6 Å². The second kappa shape index (κ2) is 7.02. The van der Waals surface area contributed by atoms with Crippen LogP contribution in [0.2, 0.25) is 5.15 Å². The van der Waals surface area contributed by atoms with E-state index < -0.39 is 0 Å². The lowest BCUT2D eigenvalue weighted by molar-refractivity contribution is 0.848. The van der Waals surface area contributed by atoms with E-state index >= 15 is 0 Å². The van der Waals surface area contributed by atoms with Gasteiger partial charge < -0.3 is 15.6 Å². The van der Waals surface area contributed by atoms with Gasteiger partial charge in [-0.25, -0.2) is 9.98 Å². The number of guanidine groups is 1. The quantitative estimate of drug-likeness (QED) is 0.579. The Labute approximate surface area is 144 Å². The fourth-order valence-electron chi connectivity index (χ4n) is 2.32. The average Bonchev–Trinajstić information content (AvgIpc) is 3.01. The molecule has 0 radical (unpaired) electrons. The molecule has 1 aliphatic rings. The van der Waals surface area contributed by atoms with E-state index in [1.165, 1.54) is 0 Å². The van der Waals surface area contributed by atoms with Gasteiger partial charge in [0, 0.05) is 6.20 Å². The number of pyridine rings is 1. The summed E-state index contributed by atoms with van der Waals surface area (Å²) >= 11 is 5.98. The van der Waals surface area contributed by atoms with Crippen molar-refractivity contribution in [1.29, 1.82) is 5.26 Å². The summed E-state index contributed by atoms with van der Waals surface area (Å²) in [6, 6.07) is 5.42. The van der Waals surface area contributed by atoms with E-state index in [1.54, 1.807) is 24.4 Å². The third-order valence-corrected chi connectivity index (χ3v) is 3.71. The molecule has 0 fully saturated rings. The van der Waals surface area contributed by atoms with Crippen molar-refractivity contribution in [2.24, 2.45) is 4.99 Å². The summed E-state index contributed by atoms with van der Waals surface area (Å²) in [5.41, 5.74) is 2.88. The molecular weight excluding hydrogens is 324 g/mol. The molecule has 1 unspecified atom stereocenters. The topological polar surface area (TPSA) is 88.9 Å². The molecule has 0 aromatic carbocycles. The number of fused-ring (bicyclic) bond motifs is 1. The highest BCUT2D eigenvalue weighted by molar-refractivity contribution is 6.29. The summed E-state index contributed by atoms with van der Waals surface area (Å²) in [6.07, 6.45) is 8.90. The maximum absolute atomic E-state index is 9.29. The maximum atomic E-state index is 9.29. The second-order valence-electron chi connectivity index (χ2n) is 5.07. The van der Waals surface area contributed by atoms with Gasteiger partial charge in [0.15, 0.2) is 5.96 Å². The lowest BCUT2D eigenvalue weighted by atomic mass is 10.1. The van der Waals surface area contributed by atoms with Crippen molar-refractivity contribution in [1.82, 2.24) is 15.3 Å². The van der Waals surface area contributed by atoms with Crippen molar-refractivity contribution in [3.05, 3.63) is 59.9 Å². The lowest BCUT2D eigenvalue weighted by Crippen LogP contribution is -2.39. The number of aromatic amines is 1. The highest BCUT2D eigenvalue weighted by atomic mass is 35.5. The fourth-order valence-corrected chi connectivity index (χ4v) is 2.46. The Morgan fingerprint density at radius 1 is 1.46 bits per heavy atom. The van der Waals surface area contributed by atoms with Gasteiger partial charge in [0.2, 0.25) is 0 Å². The highest BCUT2D eigenvalue weighted by Gasteiger charge is 2.14. The molecule has 0 spiro atoms. The number of H-pyrrole nitrogens is 1. The number of allylic oxidation sites excluding steroid dienone is 2. The van der Waals surface area contributed by atoms with Crippen molar-refractivity contribution >= 4 is 34.3 Å². The number of anilines is 1. The van der Waals surface area contributed by atoms with Crippen molar-refractivity contribution < 1.29 is 0 Å². The molecule has 0 aliphatic carbocycles. The first-order valence-corrected chi connectivity index (χ1v) is 7.70. The molecule has 0 bridgehead atoms. The number of rotatable bonds is 2. The zero-order chi connectivity index (χ0) is 16.9. The molecule has 2 aromatic rings. The molecule has 3 heterocycles. The van der Waals surface area contributed by atoms with Gasteiger partial charge in [-0.15, -0.1) is 6.58 Å². The lowest BCUT2D eigenvalue weighted by Gasteiger charge is -2.17. The molecule has 1 aliphatic heterocycles. The smallest absolute Gasteiger partial charge is 0.196 e. The van der Waals surface area contributed by atoms with Crippen molar-refractivity contribution in [2.75, 3.05) is 11.9 Å². The minimum atomic E-state index is -0.342. The van der Waals surface area contributed by atoms with Gasteiger partial charge in [0.05, 0.1) is 35.4 Å². The molecular formula is C17H15ClN6. The number of hydrogen-bond acceptors (Lipinski definition) is 5. The molecule has 24 heavy (non-hydrogen) atoms. The average molecular weight is 339 g/mol. The minimum Gasteiger partial charge on any atom is -0.358 e. The molecule has 0 saturated carbocycles. The third-order valence-electron chi connectivity index (χ3n) is 3.50. The standard InChI is InChI=1S/C17H15ClN6/c1-2-12-11(9-19)5-3-4-8-20-17(22-12)23-14-10-21-13-6-7-15(18)24-16(13)14/h2-7,10,12,21H,1,8H2,(H2,20,22,23)/b4-3-,11-5?. The van der Waals surface area contributed by atoms with Gasteiger partial charge in [0.25, 0.3) is 0 Å².